The number of carbonyl (C=O) groups is 3. The van der Waals surface area contributed by atoms with E-state index in [4.69, 9.17) is 14.9 Å². The lowest BCUT2D eigenvalue weighted by Crippen LogP contribution is -2.24. The van der Waals surface area contributed by atoms with Crippen LogP contribution in [0.5, 0.6) is 0 Å². The first kappa shape index (κ1) is 11.7. The van der Waals surface area contributed by atoms with Crippen LogP contribution in [0.3, 0.4) is 0 Å². The molecule has 0 aromatic heterocycles. The first-order valence-electron chi connectivity index (χ1n) is 4.24. The van der Waals surface area contributed by atoms with Gasteiger partial charge in [0.2, 0.25) is 5.76 Å². The lowest BCUT2D eigenvalue weighted by Gasteiger charge is -2.14. The molecule has 0 aliphatic heterocycles. The second-order valence-corrected chi connectivity index (χ2v) is 2.84. The Labute approximate surface area is 90.1 Å². The van der Waals surface area contributed by atoms with E-state index >= 15 is 0 Å². The van der Waals surface area contributed by atoms with E-state index in [1.165, 1.54) is 24.3 Å². The lowest BCUT2D eigenvalue weighted by atomic mass is 10.1. The van der Waals surface area contributed by atoms with Crippen LogP contribution >= 0.6 is 0 Å². The van der Waals surface area contributed by atoms with Crippen molar-refractivity contribution in [1.29, 1.82) is 0 Å². The number of allylic oxidation sites excluding steroid dienone is 2. The molecule has 1 atom stereocenters. The molecule has 1 aliphatic carbocycles. The summed E-state index contributed by atoms with van der Waals surface area (Å²) in [6.45, 7) is 0. The maximum atomic E-state index is 11.2. The maximum absolute atomic E-state index is 11.2. The monoisotopic (exact) mass is 224 g/mol. The summed E-state index contributed by atoms with van der Waals surface area (Å²) in [6, 6.07) is 0. The Kier molecular flexibility index (Phi) is 3.60. The fourth-order valence-corrected chi connectivity index (χ4v) is 0.998. The number of carboxylic acid groups (broad SMARTS) is 2. The Bertz CT molecular complexity index is 415. The molecule has 0 amide bonds. The van der Waals surface area contributed by atoms with Gasteiger partial charge >= 0.3 is 11.9 Å². The van der Waals surface area contributed by atoms with Gasteiger partial charge in [-0.3, -0.25) is 4.79 Å². The number of ketones is 1. The molecule has 0 saturated heterocycles. The van der Waals surface area contributed by atoms with Crippen LogP contribution in [0.1, 0.15) is 0 Å². The standard InChI is InChI=1S/C10H8O6/c11-6-3-1-2-4-7(6)16-8(10(14)15)5-9(12)13/h1-5,7H,(H,12,13)(H,14,15)/b8-5-. The average Bonchev–Trinajstić information content (AvgIpc) is 2.19. The first-order chi connectivity index (χ1) is 7.50. The average molecular weight is 224 g/mol. The number of carboxylic acids is 2. The van der Waals surface area contributed by atoms with E-state index in [1.807, 2.05) is 0 Å². The number of hydrogen-bond acceptors (Lipinski definition) is 4. The predicted molar refractivity (Wildman–Crippen MR) is 51.5 cm³/mol. The zero-order chi connectivity index (χ0) is 12.1. The third-order valence-electron chi connectivity index (χ3n) is 1.66. The van der Waals surface area contributed by atoms with Crippen LogP contribution in [0.15, 0.2) is 36.1 Å². The Balaban J connectivity index is 2.81. The second kappa shape index (κ2) is 4.92. The van der Waals surface area contributed by atoms with Crippen molar-refractivity contribution in [2.24, 2.45) is 0 Å². The van der Waals surface area contributed by atoms with Gasteiger partial charge in [-0.15, -0.1) is 0 Å². The van der Waals surface area contributed by atoms with Gasteiger partial charge in [0.25, 0.3) is 0 Å². The molecule has 0 spiro atoms. The van der Waals surface area contributed by atoms with E-state index in [2.05, 4.69) is 0 Å². The van der Waals surface area contributed by atoms with E-state index in [-0.39, 0.29) is 0 Å². The van der Waals surface area contributed by atoms with E-state index in [1.54, 1.807) is 0 Å². The van der Waals surface area contributed by atoms with Crippen molar-refractivity contribution in [3.63, 3.8) is 0 Å². The van der Waals surface area contributed by atoms with Crippen LogP contribution in [-0.4, -0.2) is 34.0 Å². The third kappa shape index (κ3) is 3.09. The number of aliphatic carboxylic acids is 2. The summed E-state index contributed by atoms with van der Waals surface area (Å²) >= 11 is 0. The van der Waals surface area contributed by atoms with Crippen LogP contribution in [0.2, 0.25) is 0 Å². The molecule has 0 aromatic carbocycles. The number of hydrogen-bond donors (Lipinski definition) is 2. The summed E-state index contributed by atoms with van der Waals surface area (Å²) < 4.78 is 4.77. The van der Waals surface area contributed by atoms with Crippen molar-refractivity contribution in [3.05, 3.63) is 36.1 Å². The van der Waals surface area contributed by atoms with E-state index in [0.717, 1.165) is 0 Å². The molecular formula is C10H8O6. The Morgan fingerprint density at radius 3 is 2.50 bits per heavy atom. The van der Waals surface area contributed by atoms with Gasteiger partial charge in [0.1, 0.15) is 0 Å². The highest BCUT2D eigenvalue weighted by molar-refractivity contribution is 5.98. The van der Waals surface area contributed by atoms with Crippen LogP contribution in [0.25, 0.3) is 0 Å². The molecule has 2 N–H and O–H groups in total. The molecule has 0 radical (unpaired) electrons. The number of carbonyl (C=O) groups excluding carboxylic acids is 1. The van der Waals surface area contributed by atoms with Crippen molar-refractivity contribution in [2.45, 2.75) is 6.10 Å². The van der Waals surface area contributed by atoms with Gasteiger partial charge in [-0.25, -0.2) is 9.59 Å². The van der Waals surface area contributed by atoms with Crippen LogP contribution in [0.4, 0.5) is 0 Å². The minimum Gasteiger partial charge on any atom is -0.478 e. The van der Waals surface area contributed by atoms with Gasteiger partial charge in [-0.1, -0.05) is 12.2 Å². The van der Waals surface area contributed by atoms with Crippen molar-refractivity contribution in [1.82, 2.24) is 0 Å². The summed E-state index contributed by atoms with van der Waals surface area (Å²) in [5.74, 6) is -4.23. The second-order valence-electron chi connectivity index (χ2n) is 2.84. The predicted octanol–water partition coefficient (Wildman–Crippen LogP) is 0.120. The van der Waals surface area contributed by atoms with Crippen molar-refractivity contribution in [3.8, 4) is 0 Å². The zero-order valence-electron chi connectivity index (χ0n) is 7.99. The molecule has 1 rings (SSSR count). The largest absolute Gasteiger partial charge is 0.478 e. The zero-order valence-corrected chi connectivity index (χ0v) is 7.99. The fraction of sp³-hybridized carbons (Fsp3) is 0.100. The molecule has 0 saturated carbocycles. The summed E-state index contributed by atoms with van der Waals surface area (Å²) in [4.78, 5) is 32.1. The summed E-state index contributed by atoms with van der Waals surface area (Å²) in [7, 11) is 0. The quantitative estimate of drug-likeness (QED) is 0.519. The molecule has 6 nitrogen and oxygen atoms in total. The van der Waals surface area contributed by atoms with Gasteiger partial charge in [-0.05, 0) is 12.2 Å². The first-order valence-corrected chi connectivity index (χ1v) is 4.24. The summed E-state index contributed by atoms with van der Waals surface area (Å²) in [6.07, 6.45) is 4.83. The molecule has 1 aliphatic rings. The summed E-state index contributed by atoms with van der Waals surface area (Å²) in [5, 5.41) is 17.0. The molecule has 1 unspecified atom stereocenters. The third-order valence-corrected chi connectivity index (χ3v) is 1.66. The molecular weight excluding hydrogens is 216 g/mol. The Morgan fingerprint density at radius 1 is 1.31 bits per heavy atom. The lowest BCUT2D eigenvalue weighted by molar-refractivity contribution is -0.140. The van der Waals surface area contributed by atoms with Crippen molar-refractivity contribution >= 4 is 17.7 Å². The Hall–Kier alpha value is -2.37. The highest BCUT2D eigenvalue weighted by atomic mass is 16.5. The smallest absolute Gasteiger partial charge is 0.371 e. The minimum absolute atomic E-state index is 0.391. The van der Waals surface area contributed by atoms with Gasteiger partial charge in [0, 0.05) is 0 Å². The van der Waals surface area contributed by atoms with Crippen molar-refractivity contribution in [2.75, 3.05) is 0 Å². The normalized spacial score (nSPS) is 19.6. The topological polar surface area (TPSA) is 101 Å². The van der Waals surface area contributed by atoms with Crippen LogP contribution in [0, 0.1) is 0 Å². The SMILES string of the molecule is O=C(O)/C=C(\OC1C=CC=CC1=O)C(=O)O. The summed E-state index contributed by atoms with van der Waals surface area (Å²) in [5.41, 5.74) is 0. The molecule has 6 heteroatoms. The maximum Gasteiger partial charge on any atom is 0.371 e. The minimum atomic E-state index is -1.54. The molecule has 0 heterocycles. The molecule has 0 bridgehead atoms. The number of ether oxygens (including phenoxy) is 1. The van der Waals surface area contributed by atoms with E-state index < -0.39 is 29.6 Å². The van der Waals surface area contributed by atoms with Crippen molar-refractivity contribution < 1.29 is 29.3 Å². The number of rotatable bonds is 4. The van der Waals surface area contributed by atoms with Gasteiger partial charge < -0.3 is 14.9 Å². The van der Waals surface area contributed by atoms with Gasteiger partial charge in [0.15, 0.2) is 11.9 Å². The molecule has 84 valence electrons. The van der Waals surface area contributed by atoms with E-state index in [9.17, 15) is 14.4 Å². The highest BCUT2D eigenvalue weighted by Gasteiger charge is 2.21. The van der Waals surface area contributed by atoms with Crippen LogP contribution in [-0.2, 0) is 19.1 Å². The van der Waals surface area contributed by atoms with E-state index in [0.29, 0.717) is 6.08 Å². The Morgan fingerprint density at radius 2 is 2.00 bits per heavy atom. The van der Waals surface area contributed by atoms with Gasteiger partial charge in [-0.2, -0.15) is 0 Å². The molecule has 16 heavy (non-hydrogen) atoms. The van der Waals surface area contributed by atoms with Crippen LogP contribution < -0.4 is 0 Å². The van der Waals surface area contributed by atoms with Gasteiger partial charge in [0.05, 0.1) is 6.08 Å². The fourth-order valence-electron chi connectivity index (χ4n) is 0.998. The highest BCUT2D eigenvalue weighted by Crippen LogP contribution is 2.10. The molecule has 0 aromatic rings. The molecule has 0 fully saturated rings.